The van der Waals surface area contributed by atoms with Crippen LogP contribution in [-0.4, -0.2) is 17.7 Å². The SMILES string of the molecule is C=CCc1cc(/C=N\OCc2cccc([N+](=O)[O-])c2)cc(OCC)c1OCc1ccc(Br)cc1. The minimum Gasteiger partial charge on any atom is -0.490 e. The lowest BCUT2D eigenvalue weighted by Crippen LogP contribution is -2.04. The maximum absolute atomic E-state index is 10.9. The van der Waals surface area contributed by atoms with E-state index in [-0.39, 0.29) is 12.3 Å². The molecule has 0 radical (unpaired) electrons. The van der Waals surface area contributed by atoms with Crippen LogP contribution in [-0.2, 0) is 24.5 Å². The summed E-state index contributed by atoms with van der Waals surface area (Å²) in [4.78, 5) is 15.8. The van der Waals surface area contributed by atoms with Crippen LogP contribution in [0.1, 0.15) is 29.2 Å². The lowest BCUT2D eigenvalue weighted by atomic mass is 10.1. The number of rotatable bonds is 12. The van der Waals surface area contributed by atoms with Gasteiger partial charge in [-0.2, -0.15) is 0 Å². The molecule has 0 aliphatic heterocycles. The molecule has 0 heterocycles. The highest BCUT2D eigenvalue weighted by atomic mass is 79.9. The largest absolute Gasteiger partial charge is 0.490 e. The smallest absolute Gasteiger partial charge is 0.269 e. The fraction of sp³-hybridized carbons (Fsp3) is 0.192. The molecule has 0 bridgehead atoms. The zero-order valence-corrected chi connectivity index (χ0v) is 20.4. The van der Waals surface area contributed by atoms with Gasteiger partial charge in [0.05, 0.1) is 17.7 Å². The highest BCUT2D eigenvalue weighted by Crippen LogP contribution is 2.34. The van der Waals surface area contributed by atoms with Crippen LogP contribution in [0.4, 0.5) is 5.69 Å². The Hall–Kier alpha value is -3.65. The number of nitro benzene ring substituents is 1. The van der Waals surface area contributed by atoms with Gasteiger partial charge in [-0.3, -0.25) is 10.1 Å². The highest BCUT2D eigenvalue weighted by Gasteiger charge is 2.13. The predicted molar refractivity (Wildman–Crippen MR) is 135 cm³/mol. The number of hydrogen-bond donors (Lipinski definition) is 0. The van der Waals surface area contributed by atoms with Crippen LogP contribution in [0.3, 0.4) is 0 Å². The Labute approximate surface area is 206 Å². The summed E-state index contributed by atoms with van der Waals surface area (Å²) >= 11 is 3.44. The minimum absolute atomic E-state index is 0.0132. The van der Waals surface area contributed by atoms with Gasteiger partial charge in [0.25, 0.3) is 5.69 Å². The first kappa shape index (κ1) is 25.0. The molecule has 3 aromatic rings. The first-order valence-corrected chi connectivity index (χ1v) is 11.5. The second kappa shape index (κ2) is 12.6. The van der Waals surface area contributed by atoms with E-state index in [2.05, 4.69) is 27.7 Å². The summed E-state index contributed by atoms with van der Waals surface area (Å²) in [6, 6.07) is 18.0. The van der Waals surface area contributed by atoms with Crippen LogP contribution in [0.2, 0.25) is 0 Å². The van der Waals surface area contributed by atoms with Crippen molar-refractivity contribution in [2.24, 2.45) is 5.16 Å². The topological polar surface area (TPSA) is 83.2 Å². The van der Waals surface area contributed by atoms with Crippen molar-refractivity contribution in [1.82, 2.24) is 0 Å². The van der Waals surface area contributed by atoms with E-state index in [1.807, 2.05) is 43.3 Å². The fourth-order valence-electron chi connectivity index (χ4n) is 3.20. The zero-order valence-electron chi connectivity index (χ0n) is 18.8. The van der Waals surface area contributed by atoms with Crippen molar-refractivity contribution >= 4 is 27.8 Å². The number of non-ortho nitro benzene ring substituents is 1. The van der Waals surface area contributed by atoms with Crippen molar-refractivity contribution in [3.05, 3.63) is 110 Å². The molecule has 0 amide bonds. The molecular formula is C26H25BrN2O5. The summed E-state index contributed by atoms with van der Waals surface area (Å²) in [7, 11) is 0. The molecule has 0 fully saturated rings. The first-order chi connectivity index (χ1) is 16.5. The Morgan fingerprint density at radius 2 is 1.85 bits per heavy atom. The van der Waals surface area contributed by atoms with Crippen LogP contribution in [0.25, 0.3) is 0 Å². The molecule has 8 heteroatoms. The number of benzene rings is 3. The molecule has 7 nitrogen and oxygen atoms in total. The maximum atomic E-state index is 10.9. The molecule has 3 rings (SSSR count). The van der Waals surface area contributed by atoms with Crippen LogP contribution in [0.5, 0.6) is 11.5 Å². The third kappa shape index (κ3) is 7.18. The van der Waals surface area contributed by atoms with Crippen LogP contribution in [0.15, 0.2) is 82.9 Å². The number of nitrogens with zero attached hydrogens (tertiary/aromatic N) is 2. The van der Waals surface area contributed by atoms with Gasteiger partial charge < -0.3 is 14.3 Å². The van der Waals surface area contributed by atoms with Gasteiger partial charge in [-0.25, -0.2) is 0 Å². The van der Waals surface area contributed by atoms with Gasteiger partial charge in [-0.05, 0) is 48.7 Å². The lowest BCUT2D eigenvalue weighted by molar-refractivity contribution is -0.384. The van der Waals surface area contributed by atoms with Crippen molar-refractivity contribution in [2.45, 2.75) is 26.6 Å². The molecule has 0 saturated heterocycles. The molecule has 0 N–H and O–H groups in total. The average molecular weight is 525 g/mol. The maximum Gasteiger partial charge on any atom is 0.269 e. The third-order valence-corrected chi connectivity index (χ3v) is 5.27. The Bertz CT molecular complexity index is 1160. The number of hydrogen-bond acceptors (Lipinski definition) is 6. The van der Waals surface area contributed by atoms with Gasteiger partial charge in [0.1, 0.15) is 13.2 Å². The number of nitro groups is 1. The van der Waals surface area contributed by atoms with Crippen molar-refractivity contribution in [2.75, 3.05) is 6.61 Å². The predicted octanol–water partition coefficient (Wildman–Crippen LogP) is 6.61. The zero-order chi connectivity index (χ0) is 24.3. The van der Waals surface area contributed by atoms with Gasteiger partial charge in [0.15, 0.2) is 11.5 Å². The summed E-state index contributed by atoms with van der Waals surface area (Å²) in [6.07, 6.45) is 3.97. The molecule has 3 aromatic carbocycles. The van der Waals surface area contributed by atoms with E-state index in [9.17, 15) is 10.1 Å². The second-order valence-electron chi connectivity index (χ2n) is 7.28. The summed E-state index contributed by atoms with van der Waals surface area (Å²) in [5.74, 6) is 1.28. The Morgan fingerprint density at radius 3 is 2.56 bits per heavy atom. The van der Waals surface area contributed by atoms with Gasteiger partial charge in [0.2, 0.25) is 0 Å². The van der Waals surface area contributed by atoms with Gasteiger partial charge >= 0.3 is 0 Å². The van der Waals surface area contributed by atoms with Crippen LogP contribution < -0.4 is 9.47 Å². The number of oxime groups is 1. The Balaban J connectivity index is 1.75. The fourth-order valence-corrected chi connectivity index (χ4v) is 3.46. The summed E-state index contributed by atoms with van der Waals surface area (Å²) < 4.78 is 13.0. The first-order valence-electron chi connectivity index (χ1n) is 10.7. The van der Waals surface area contributed by atoms with Crippen molar-refractivity contribution in [3.8, 4) is 11.5 Å². The van der Waals surface area contributed by atoms with E-state index in [1.54, 1.807) is 24.4 Å². The van der Waals surface area contributed by atoms with E-state index in [1.165, 1.54) is 12.1 Å². The van der Waals surface area contributed by atoms with Gasteiger partial charge in [-0.15, -0.1) is 6.58 Å². The van der Waals surface area contributed by atoms with E-state index in [4.69, 9.17) is 14.3 Å². The molecule has 0 unspecified atom stereocenters. The number of ether oxygens (including phenoxy) is 2. The van der Waals surface area contributed by atoms with Crippen molar-refractivity contribution in [3.63, 3.8) is 0 Å². The number of halogens is 1. The lowest BCUT2D eigenvalue weighted by Gasteiger charge is -2.17. The van der Waals surface area contributed by atoms with Gasteiger partial charge in [0, 0.05) is 27.7 Å². The molecular weight excluding hydrogens is 500 g/mol. The monoisotopic (exact) mass is 524 g/mol. The standard InChI is InChI=1S/C26H25BrN2O5/c1-3-6-22-13-21(16-28-34-18-20-7-5-8-24(14-20)29(30)31)15-25(32-4-2)26(22)33-17-19-9-11-23(27)12-10-19/h3,5,7-16H,1,4,6,17-18H2,2H3/b28-16-. The number of allylic oxidation sites excluding steroid dienone is 1. The van der Waals surface area contributed by atoms with E-state index < -0.39 is 4.92 Å². The van der Waals surface area contributed by atoms with Crippen LogP contribution in [0, 0.1) is 10.1 Å². The minimum atomic E-state index is -0.441. The Morgan fingerprint density at radius 1 is 1.06 bits per heavy atom. The highest BCUT2D eigenvalue weighted by molar-refractivity contribution is 9.10. The average Bonchev–Trinajstić information content (AvgIpc) is 2.83. The van der Waals surface area contributed by atoms with Crippen molar-refractivity contribution < 1.29 is 19.2 Å². The second-order valence-corrected chi connectivity index (χ2v) is 8.20. The molecule has 34 heavy (non-hydrogen) atoms. The molecule has 0 atom stereocenters. The van der Waals surface area contributed by atoms with E-state index in [0.29, 0.717) is 36.7 Å². The molecule has 0 aliphatic carbocycles. The summed E-state index contributed by atoms with van der Waals surface area (Å²) in [5, 5.41) is 14.9. The van der Waals surface area contributed by atoms with Gasteiger partial charge in [-0.1, -0.05) is 51.4 Å². The molecule has 0 saturated carbocycles. The molecule has 0 spiro atoms. The van der Waals surface area contributed by atoms with E-state index >= 15 is 0 Å². The van der Waals surface area contributed by atoms with E-state index in [0.717, 1.165) is 21.2 Å². The van der Waals surface area contributed by atoms with Crippen LogP contribution >= 0.6 is 15.9 Å². The van der Waals surface area contributed by atoms with Crippen molar-refractivity contribution in [1.29, 1.82) is 0 Å². The Kier molecular flexibility index (Phi) is 9.22. The molecule has 176 valence electrons. The summed E-state index contributed by atoms with van der Waals surface area (Å²) in [5.41, 5.74) is 3.40. The molecule has 0 aliphatic rings. The normalized spacial score (nSPS) is 10.8. The third-order valence-electron chi connectivity index (χ3n) is 4.74. The molecule has 0 aromatic heterocycles. The summed E-state index contributed by atoms with van der Waals surface area (Å²) in [6.45, 7) is 6.76. The quantitative estimate of drug-likeness (QED) is 0.115.